The Labute approximate surface area is 518 Å². The van der Waals surface area contributed by atoms with Gasteiger partial charge in [0.05, 0.1) is 24.9 Å². The Hall–Kier alpha value is -3.31. The smallest absolute Gasteiger partial charge is 0.225 e. The van der Waals surface area contributed by atoms with Gasteiger partial charge < -0.3 is 34.4 Å². The van der Waals surface area contributed by atoms with E-state index in [1.165, 1.54) is 12.8 Å². The molecule has 2 heterocycles. The van der Waals surface area contributed by atoms with Gasteiger partial charge in [-0.05, 0) is 107 Å². The minimum absolute atomic E-state index is 0.0206. The number of amides is 4. The van der Waals surface area contributed by atoms with Crippen LogP contribution >= 0.6 is 0 Å². The first kappa shape index (κ1) is 87.1. The van der Waals surface area contributed by atoms with E-state index in [1.54, 1.807) is 0 Å². The highest BCUT2D eigenvalue weighted by molar-refractivity contribution is 5.88. The SMILES string of the molecule is CC(C)C(=O)CCC(=O)C(C)C.CC(C)C(=O)N(C)CCN(C)C(C)C.CC(C)C(=O)N1CCN(C(C)C)CC1.CC(C)CNC(=O)CCC(=O)C(C)C.CC(C)OCC1CCCC(C(C)C)O1.CCN(CCN(CC)C(C)C)C(=O)C(C)C. The zero-order chi connectivity index (χ0) is 66.1. The summed E-state index contributed by atoms with van der Waals surface area (Å²) in [5.74, 6) is 2.89. The summed E-state index contributed by atoms with van der Waals surface area (Å²) in [6, 6.07) is 1.70. The number of hydrogen-bond acceptors (Lipinski definition) is 12. The second-order valence-corrected chi connectivity index (χ2v) is 26.8. The normalized spacial score (nSPS) is 15.5. The molecule has 0 aliphatic carbocycles. The Morgan fingerprint density at radius 3 is 1.37 bits per heavy atom. The molecular weight excluding hydrogens is 1060 g/mol. The molecule has 2 aliphatic rings. The van der Waals surface area contributed by atoms with Crippen LogP contribution in [0.5, 0.6) is 0 Å². The van der Waals surface area contributed by atoms with Crippen molar-refractivity contribution in [3.8, 4) is 0 Å². The summed E-state index contributed by atoms with van der Waals surface area (Å²) >= 11 is 0. The van der Waals surface area contributed by atoms with E-state index in [0.29, 0.717) is 86.4 Å². The quantitative estimate of drug-likeness (QED) is 0.0753. The molecule has 0 aromatic heterocycles. The number of carbonyl (C=O) groups excluding carboxylic acids is 7. The van der Waals surface area contributed by atoms with Gasteiger partial charge in [0.2, 0.25) is 23.6 Å². The average Bonchev–Trinajstić information content (AvgIpc) is 3.48. The summed E-state index contributed by atoms with van der Waals surface area (Å²) < 4.78 is 11.6. The van der Waals surface area contributed by atoms with E-state index in [1.807, 2.05) is 126 Å². The van der Waals surface area contributed by atoms with E-state index in [-0.39, 0.29) is 70.6 Å². The molecule has 0 aromatic carbocycles. The number of hydrogen-bond donors (Lipinski definition) is 1. The number of piperazine rings is 1. The van der Waals surface area contributed by atoms with Gasteiger partial charge in [-0.3, -0.25) is 43.4 Å². The second kappa shape index (κ2) is 49.7. The van der Waals surface area contributed by atoms with Crippen molar-refractivity contribution >= 4 is 41.0 Å². The van der Waals surface area contributed by atoms with Gasteiger partial charge in [0, 0.05) is 152 Å². The predicted octanol–water partition coefficient (Wildman–Crippen LogP) is 11.8. The molecule has 2 fully saturated rings. The number of Topliss-reactive ketones (excluding diaryl/α,β-unsaturated/α-hetero) is 3. The molecule has 0 aromatic rings. The first-order chi connectivity index (χ1) is 38.8. The van der Waals surface area contributed by atoms with Crippen molar-refractivity contribution in [3.63, 3.8) is 0 Å². The summed E-state index contributed by atoms with van der Waals surface area (Å²) in [6.07, 6.45) is 6.27. The summed E-state index contributed by atoms with van der Waals surface area (Å²) in [4.78, 5) is 92.5. The van der Waals surface area contributed by atoms with Crippen LogP contribution in [-0.2, 0) is 43.0 Å². The van der Waals surface area contributed by atoms with Crippen LogP contribution in [0, 0.1) is 47.3 Å². The van der Waals surface area contributed by atoms with Crippen molar-refractivity contribution in [3.05, 3.63) is 0 Å². The van der Waals surface area contributed by atoms with E-state index in [0.717, 1.165) is 78.5 Å². The monoisotopic (exact) mass is 1200 g/mol. The molecule has 2 saturated heterocycles. The van der Waals surface area contributed by atoms with Gasteiger partial charge in [0.25, 0.3) is 0 Å². The van der Waals surface area contributed by atoms with Crippen LogP contribution in [0.2, 0.25) is 0 Å². The molecule has 0 saturated carbocycles. The lowest BCUT2D eigenvalue weighted by Gasteiger charge is -2.37. The minimum atomic E-state index is -0.0206. The van der Waals surface area contributed by atoms with Gasteiger partial charge in [-0.1, -0.05) is 118 Å². The maximum atomic E-state index is 11.9. The van der Waals surface area contributed by atoms with Gasteiger partial charge >= 0.3 is 0 Å². The number of nitrogens with one attached hydrogen (secondary N) is 1. The molecule has 2 aliphatic heterocycles. The lowest BCUT2D eigenvalue weighted by molar-refractivity contribution is -0.136. The number of nitrogens with zero attached hydrogens (tertiary/aromatic N) is 6. The summed E-state index contributed by atoms with van der Waals surface area (Å²) in [5, 5.41) is 2.79. The first-order valence-electron chi connectivity index (χ1n) is 32.9. The molecule has 1 N–H and O–H groups in total. The Morgan fingerprint density at radius 2 is 1.01 bits per heavy atom. The number of likely N-dealkylation sites (N-methyl/N-ethyl adjacent to an activating group) is 4. The fraction of sp³-hybridized carbons (Fsp3) is 0.897. The van der Waals surface area contributed by atoms with Crippen molar-refractivity contribution in [2.75, 3.05) is 92.7 Å². The predicted molar refractivity (Wildman–Crippen MR) is 352 cm³/mol. The fourth-order valence-electron chi connectivity index (χ4n) is 8.36. The summed E-state index contributed by atoms with van der Waals surface area (Å²) in [6.45, 7) is 63.7. The third-order valence-corrected chi connectivity index (χ3v) is 15.0. The van der Waals surface area contributed by atoms with Gasteiger partial charge in [-0.2, -0.15) is 0 Å². The molecule has 0 bridgehead atoms. The molecular formula is C68H137N7O9. The third-order valence-electron chi connectivity index (χ3n) is 15.0. The molecule has 4 amide bonds. The lowest BCUT2D eigenvalue weighted by Crippen LogP contribution is -2.51. The number of rotatable bonds is 29. The van der Waals surface area contributed by atoms with E-state index in [2.05, 4.69) is 103 Å². The molecule has 0 radical (unpaired) electrons. The minimum Gasteiger partial charge on any atom is -0.376 e. The van der Waals surface area contributed by atoms with Crippen LogP contribution in [0.25, 0.3) is 0 Å². The van der Waals surface area contributed by atoms with Crippen LogP contribution in [0.4, 0.5) is 0 Å². The molecule has 2 rings (SSSR count). The van der Waals surface area contributed by atoms with Crippen LogP contribution in [0.3, 0.4) is 0 Å². The highest BCUT2D eigenvalue weighted by Gasteiger charge is 2.26. The van der Waals surface area contributed by atoms with Crippen LogP contribution < -0.4 is 5.32 Å². The van der Waals surface area contributed by atoms with Crippen LogP contribution in [0.15, 0.2) is 0 Å². The number of ether oxygens (including phenoxy) is 2. The number of ketones is 3. The largest absolute Gasteiger partial charge is 0.376 e. The lowest BCUT2D eigenvalue weighted by atomic mass is 9.96. The van der Waals surface area contributed by atoms with Gasteiger partial charge in [-0.25, -0.2) is 0 Å². The second-order valence-electron chi connectivity index (χ2n) is 26.8. The Bertz CT molecular complexity index is 1720. The van der Waals surface area contributed by atoms with Crippen molar-refractivity contribution in [2.24, 2.45) is 47.3 Å². The summed E-state index contributed by atoms with van der Waals surface area (Å²) in [7, 11) is 3.95. The molecule has 2 unspecified atom stereocenters. The van der Waals surface area contributed by atoms with Gasteiger partial charge in [0.15, 0.2) is 0 Å². The molecule has 498 valence electrons. The standard InChI is InChI=1S/C13H28N2O.C12H24O2.C11H22N2O.C11H24N2O.C11H21NO2.C10H18O2/c1-7-14(12(5)6)9-10-15(8-2)13(16)11(3)4;1-9(2)12-7-5-6-11(14-12)8-13-10(3)4;1-9(2)11(14)13-7-5-12(6-8-13)10(3)4;1-9(2)11(14)13(6)8-7-12(5)10(3)4;1-8(2)7-12-11(14)6-5-10(13)9(3)4;1-7(2)9(11)5-6-10(12)8(3)4/h11-12H,7-10H2,1-6H3;9-12H,5-8H2,1-4H3;9-10H,5-8H2,1-4H3;9-10H,7-8H2,1-6H3;8-9H,5-7H2,1-4H3,(H,12,14);7-8H,5-6H2,1-4H3. The van der Waals surface area contributed by atoms with Crippen LogP contribution in [0.1, 0.15) is 225 Å². The maximum Gasteiger partial charge on any atom is 0.225 e. The molecule has 16 nitrogen and oxygen atoms in total. The van der Waals surface area contributed by atoms with Gasteiger partial charge in [0.1, 0.15) is 17.3 Å². The summed E-state index contributed by atoms with van der Waals surface area (Å²) in [5.41, 5.74) is 0. The Morgan fingerprint density at radius 1 is 0.536 bits per heavy atom. The van der Waals surface area contributed by atoms with Gasteiger partial charge in [-0.15, -0.1) is 0 Å². The molecule has 16 heteroatoms. The van der Waals surface area contributed by atoms with E-state index >= 15 is 0 Å². The average molecular weight is 1200 g/mol. The van der Waals surface area contributed by atoms with Crippen molar-refractivity contribution < 1.29 is 43.0 Å². The van der Waals surface area contributed by atoms with Crippen molar-refractivity contribution in [1.29, 1.82) is 0 Å². The Kier molecular flexibility index (Phi) is 51.5. The van der Waals surface area contributed by atoms with E-state index in [9.17, 15) is 33.6 Å². The molecule has 2 atom stereocenters. The fourth-order valence-corrected chi connectivity index (χ4v) is 8.36. The zero-order valence-corrected chi connectivity index (χ0v) is 59.9. The topological polar surface area (TPSA) is 169 Å². The highest BCUT2D eigenvalue weighted by Crippen LogP contribution is 2.24. The van der Waals surface area contributed by atoms with Crippen LogP contribution in [-0.4, -0.2) is 200 Å². The molecule has 0 spiro atoms. The van der Waals surface area contributed by atoms with Crippen molar-refractivity contribution in [2.45, 2.75) is 261 Å². The van der Waals surface area contributed by atoms with E-state index in [4.69, 9.17) is 9.47 Å². The maximum absolute atomic E-state index is 11.9. The molecule has 84 heavy (non-hydrogen) atoms. The number of carbonyl (C=O) groups is 7. The highest BCUT2D eigenvalue weighted by atomic mass is 16.5. The third kappa shape index (κ3) is 45.0. The first-order valence-corrected chi connectivity index (χ1v) is 32.9. The van der Waals surface area contributed by atoms with E-state index < -0.39 is 0 Å². The Balaban J connectivity index is -0.000000458. The zero-order valence-electron chi connectivity index (χ0n) is 59.9. The van der Waals surface area contributed by atoms with Crippen molar-refractivity contribution in [1.82, 2.24) is 34.7 Å².